The highest BCUT2D eigenvalue weighted by Gasteiger charge is 2.38. The number of anilines is 1. The van der Waals surface area contributed by atoms with E-state index in [9.17, 15) is 22.8 Å². The van der Waals surface area contributed by atoms with Gasteiger partial charge in [0.15, 0.2) is 0 Å². The summed E-state index contributed by atoms with van der Waals surface area (Å²) >= 11 is 0. The fraction of sp³-hybridized carbons (Fsp3) is 0.385. The third-order valence-corrected chi connectivity index (χ3v) is 5.79. The van der Waals surface area contributed by atoms with Crippen LogP contribution in [0.1, 0.15) is 61.5 Å². The average Bonchev–Trinajstić information content (AvgIpc) is 3.39. The van der Waals surface area contributed by atoms with Gasteiger partial charge in [-0.15, -0.1) is 10.2 Å². The topological polar surface area (TPSA) is 106 Å². The first kappa shape index (κ1) is 27.7. The average molecular weight is 519 g/mol. The molecule has 198 valence electrons. The summed E-state index contributed by atoms with van der Waals surface area (Å²) < 4.78 is 47.9. The first-order valence-electron chi connectivity index (χ1n) is 11.9. The van der Waals surface area contributed by atoms with Gasteiger partial charge >= 0.3 is 18.0 Å². The number of ether oxygens (including phenoxy) is 1. The van der Waals surface area contributed by atoms with Crippen molar-refractivity contribution >= 4 is 17.6 Å². The maximum Gasteiger partial charge on any atom is 0.470 e. The molecule has 1 amide bonds. The van der Waals surface area contributed by atoms with Crippen molar-refractivity contribution < 1.29 is 31.9 Å². The molecular weight excluding hydrogens is 489 g/mol. The molecular formula is C26H29F3N4O4. The molecule has 8 nitrogen and oxygen atoms in total. The lowest BCUT2D eigenvalue weighted by atomic mass is 9.91. The molecule has 0 radical (unpaired) electrons. The predicted molar refractivity (Wildman–Crippen MR) is 131 cm³/mol. The highest BCUT2D eigenvalue weighted by Crippen LogP contribution is 2.32. The molecule has 3 rings (SSSR count). The molecule has 0 aliphatic heterocycles. The minimum Gasteiger partial charge on any atom is -0.466 e. The van der Waals surface area contributed by atoms with Gasteiger partial charge in [-0.2, -0.15) is 13.2 Å². The standard InChI is InChI=1S/C26H29F3N4O4/c1-4-16(3)22(17-6-8-19(9-7-17)24-32-33-25(37-24)26(27,28)29)31-20-12-10-18(11-13-20)23(35)30-15-14-21(34)36-5-2/h6-13,16,22,31H,4-5,14-15H2,1-3H3,(H,30,35). The zero-order chi connectivity index (χ0) is 27.0. The van der Waals surface area contributed by atoms with E-state index in [2.05, 4.69) is 34.7 Å². The Morgan fingerprint density at radius 1 is 1.03 bits per heavy atom. The van der Waals surface area contributed by atoms with Crippen LogP contribution in [0.3, 0.4) is 0 Å². The van der Waals surface area contributed by atoms with Crippen LogP contribution in [0.5, 0.6) is 0 Å². The molecule has 11 heteroatoms. The van der Waals surface area contributed by atoms with E-state index < -0.39 is 12.1 Å². The number of halogens is 3. The van der Waals surface area contributed by atoms with Gasteiger partial charge in [0.05, 0.1) is 19.1 Å². The second-order valence-electron chi connectivity index (χ2n) is 8.43. The zero-order valence-electron chi connectivity index (χ0n) is 20.8. The van der Waals surface area contributed by atoms with E-state index in [1.165, 1.54) is 0 Å². The number of alkyl halides is 3. The van der Waals surface area contributed by atoms with Crippen LogP contribution in [0.25, 0.3) is 11.5 Å². The summed E-state index contributed by atoms with van der Waals surface area (Å²) in [7, 11) is 0. The molecule has 0 saturated heterocycles. The monoisotopic (exact) mass is 518 g/mol. The molecule has 0 spiro atoms. The van der Waals surface area contributed by atoms with Crippen LogP contribution in [0, 0.1) is 5.92 Å². The molecule has 0 fully saturated rings. The van der Waals surface area contributed by atoms with Crippen molar-refractivity contribution in [2.75, 3.05) is 18.5 Å². The molecule has 2 aromatic carbocycles. The van der Waals surface area contributed by atoms with Gasteiger partial charge in [0.1, 0.15) is 0 Å². The van der Waals surface area contributed by atoms with Crippen LogP contribution >= 0.6 is 0 Å². The third kappa shape index (κ3) is 7.55. The number of amides is 1. The Morgan fingerprint density at radius 2 is 1.70 bits per heavy atom. The Hall–Kier alpha value is -3.89. The van der Waals surface area contributed by atoms with Crippen LogP contribution in [0.2, 0.25) is 0 Å². The Balaban J connectivity index is 1.67. The maximum atomic E-state index is 12.8. The van der Waals surface area contributed by atoms with Crippen LogP contribution < -0.4 is 10.6 Å². The normalized spacial score (nSPS) is 13.0. The fourth-order valence-corrected chi connectivity index (χ4v) is 3.59. The number of benzene rings is 2. The maximum absolute atomic E-state index is 12.8. The van der Waals surface area contributed by atoms with Gasteiger partial charge < -0.3 is 19.8 Å². The van der Waals surface area contributed by atoms with Crippen LogP contribution in [0.15, 0.2) is 52.9 Å². The van der Waals surface area contributed by atoms with E-state index >= 15 is 0 Å². The molecule has 0 aliphatic rings. The van der Waals surface area contributed by atoms with Crippen LogP contribution in [-0.4, -0.2) is 35.2 Å². The SMILES string of the molecule is CCOC(=O)CCNC(=O)c1ccc(NC(c2ccc(-c3nnc(C(F)(F)F)o3)cc2)C(C)CC)cc1. The van der Waals surface area contributed by atoms with Gasteiger partial charge in [0, 0.05) is 23.4 Å². The van der Waals surface area contributed by atoms with Crippen molar-refractivity contribution in [2.45, 2.75) is 45.8 Å². The summed E-state index contributed by atoms with van der Waals surface area (Å²) in [6.45, 7) is 6.35. The van der Waals surface area contributed by atoms with Crippen molar-refractivity contribution in [1.82, 2.24) is 15.5 Å². The predicted octanol–water partition coefficient (Wildman–Crippen LogP) is 5.64. The number of nitrogens with zero attached hydrogens (tertiary/aromatic N) is 2. The van der Waals surface area contributed by atoms with E-state index in [1.54, 1.807) is 43.3 Å². The van der Waals surface area contributed by atoms with Gasteiger partial charge in [0.2, 0.25) is 5.89 Å². The molecule has 0 bridgehead atoms. The minimum atomic E-state index is -4.70. The first-order chi connectivity index (χ1) is 17.6. The van der Waals surface area contributed by atoms with Gasteiger partial charge in [-0.1, -0.05) is 32.4 Å². The number of esters is 1. The van der Waals surface area contributed by atoms with E-state index in [-0.39, 0.29) is 42.7 Å². The summed E-state index contributed by atoms with van der Waals surface area (Å²) in [5.74, 6) is -2.03. The number of hydrogen-bond acceptors (Lipinski definition) is 7. The minimum absolute atomic E-state index is 0.100. The number of rotatable bonds is 11. The van der Waals surface area contributed by atoms with E-state index in [0.717, 1.165) is 17.7 Å². The Morgan fingerprint density at radius 3 is 2.27 bits per heavy atom. The highest BCUT2D eigenvalue weighted by atomic mass is 19.4. The number of carbonyl (C=O) groups excluding carboxylic acids is 2. The van der Waals surface area contributed by atoms with Gasteiger partial charge in [-0.3, -0.25) is 9.59 Å². The smallest absolute Gasteiger partial charge is 0.466 e. The number of carbonyl (C=O) groups is 2. The molecule has 2 N–H and O–H groups in total. The van der Waals surface area contributed by atoms with Crippen LogP contribution in [-0.2, 0) is 15.7 Å². The van der Waals surface area contributed by atoms with Crippen molar-refractivity contribution in [2.24, 2.45) is 5.92 Å². The van der Waals surface area contributed by atoms with Crippen LogP contribution in [0.4, 0.5) is 18.9 Å². The summed E-state index contributed by atoms with van der Waals surface area (Å²) in [5.41, 5.74) is 2.56. The zero-order valence-corrected chi connectivity index (χ0v) is 20.8. The Labute approximate surface area is 212 Å². The lowest BCUT2D eigenvalue weighted by molar-refractivity contribution is -0.157. The summed E-state index contributed by atoms with van der Waals surface area (Å²) in [5, 5.41) is 12.7. The fourth-order valence-electron chi connectivity index (χ4n) is 3.59. The molecule has 3 aromatic rings. The second-order valence-corrected chi connectivity index (χ2v) is 8.43. The summed E-state index contributed by atoms with van der Waals surface area (Å²) in [4.78, 5) is 23.7. The van der Waals surface area contributed by atoms with Crippen molar-refractivity contribution in [3.8, 4) is 11.5 Å². The lowest BCUT2D eigenvalue weighted by Gasteiger charge is -2.26. The number of aromatic nitrogens is 2. The van der Waals surface area contributed by atoms with Crippen molar-refractivity contribution in [3.05, 3.63) is 65.5 Å². The molecule has 0 saturated carbocycles. The van der Waals surface area contributed by atoms with Gasteiger partial charge in [-0.25, -0.2) is 0 Å². The Kier molecular flexibility index (Phi) is 9.26. The lowest BCUT2D eigenvalue weighted by Crippen LogP contribution is -2.26. The molecule has 2 atom stereocenters. The Bertz CT molecular complexity index is 1180. The largest absolute Gasteiger partial charge is 0.470 e. The van der Waals surface area contributed by atoms with Gasteiger partial charge in [0.25, 0.3) is 5.91 Å². The van der Waals surface area contributed by atoms with Crippen molar-refractivity contribution in [1.29, 1.82) is 0 Å². The highest BCUT2D eigenvalue weighted by molar-refractivity contribution is 5.94. The third-order valence-electron chi connectivity index (χ3n) is 5.79. The van der Waals surface area contributed by atoms with E-state index in [0.29, 0.717) is 17.7 Å². The molecule has 37 heavy (non-hydrogen) atoms. The molecule has 1 aromatic heterocycles. The number of hydrogen-bond donors (Lipinski definition) is 2. The summed E-state index contributed by atoms with van der Waals surface area (Å²) in [6.07, 6.45) is -3.72. The van der Waals surface area contributed by atoms with E-state index in [1.807, 2.05) is 12.1 Å². The molecule has 0 aliphatic carbocycles. The first-order valence-corrected chi connectivity index (χ1v) is 11.9. The quantitative estimate of drug-likeness (QED) is 0.317. The number of nitrogens with one attached hydrogen (secondary N) is 2. The summed E-state index contributed by atoms with van der Waals surface area (Å²) in [6, 6.07) is 13.8. The second kappa shape index (κ2) is 12.4. The van der Waals surface area contributed by atoms with Gasteiger partial charge in [-0.05, 0) is 54.8 Å². The van der Waals surface area contributed by atoms with E-state index in [4.69, 9.17) is 9.15 Å². The van der Waals surface area contributed by atoms with Crippen molar-refractivity contribution in [3.63, 3.8) is 0 Å². The molecule has 1 heterocycles. The molecule has 2 unspecified atom stereocenters.